The van der Waals surface area contributed by atoms with Crippen molar-refractivity contribution in [1.29, 1.82) is 5.26 Å². The first-order chi connectivity index (χ1) is 9.51. The molecule has 0 aliphatic rings. The maximum absolute atomic E-state index is 13.6. The third-order valence-electron chi connectivity index (χ3n) is 2.58. The SMILES string of the molecule is N#Cc1ccc(NC(=O)c2ccc(N)cc2F)c(Br)c1. The number of halogens is 2. The molecule has 0 spiro atoms. The first-order valence-corrected chi connectivity index (χ1v) is 6.36. The van der Waals surface area contributed by atoms with Gasteiger partial charge < -0.3 is 11.1 Å². The van der Waals surface area contributed by atoms with Crippen LogP contribution in [-0.2, 0) is 0 Å². The summed E-state index contributed by atoms with van der Waals surface area (Å²) in [5.41, 5.74) is 6.48. The molecule has 2 aromatic rings. The molecule has 0 bridgehead atoms. The highest BCUT2D eigenvalue weighted by atomic mass is 79.9. The van der Waals surface area contributed by atoms with Crippen molar-refractivity contribution in [3.05, 3.63) is 57.8 Å². The first-order valence-electron chi connectivity index (χ1n) is 5.57. The number of rotatable bonds is 2. The van der Waals surface area contributed by atoms with Crippen LogP contribution in [0.15, 0.2) is 40.9 Å². The third kappa shape index (κ3) is 2.95. The molecular weight excluding hydrogens is 325 g/mol. The zero-order valence-corrected chi connectivity index (χ0v) is 11.7. The van der Waals surface area contributed by atoms with Gasteiger partial charge in [-0.25, -0.2) is 4.39 Å². The van der Waals surface area contributed by atoms with Crippen molar-refractivity contribution in [3.8, 4) is 6.07 Å². The van der Waals surface area contributed by atoms with Gasteiger partial charge in [0.2, 0.25) is 0 Å². The van der Waals surface area contributed by atoms with Gasteiger partial charge in [-0.1, -0.05) is 0 Å². The van der Waals surface area contributed by atoms with E-state index in [9.17, 15) is 9.18 Å². The Bertz CT molecular complexity index is 725. The average Bonchev–Trinajstić information content (AvgIpc) is 2.40. The fourth-order valence-corrected chi connectivity index (χ4v) is 2.07. The Morgan fingerprint density at radius 1 is 1.30 bits per heavy atom. The molecular formula is C14H9BrFN3O. The van der Waals surface area contributed by atoms with Crippen molar-refractivity contribution >= 4 is 33.2 Å². The van der Waals surface area contributed by atoms with Crippen molar-refractivity contribution < 1.29 is 9.18 Å². The summed E-state index contributed by atoms with van der Waals surface area (Å²) in [6.07, 6.45) is 0. The van der Waals surface area contributed by atoms with Gasteiger partial charge in [0.05, 0.1) is 22.9 Å². The Morgan fingerprint density at radius 3 is 2.65 bits per heavy atom. The van der Waals surface area contributed by atoms with Crippen molar-refractivity contribution in [1.82, 2.24) is 0 Å². The molecule has 0 heterocycles. The quantitative estimate of drug-likeness (QED) is 0.827. The molecule has 1 amide bonds. The smallest absolute Gasteiger partial charge is 0.258 e. The lowest BCUT2D eigenvalue weighted by Gasteiger charge is -2.08. The van der Waals surface area contributed by atoms with Crippen LogP contribution in [0.5, 0.6) is 0 Å². The molecule has 0 saturated heterocycles. The Hall–Kier alpha value is -2.39. The average molecular weight is 334 g/mol. The second-order valence-electron chi connectivity index (χ2n) is 4.00. The Balaban J connectivity index is 2.26. The molecule has 0 unspecified atom stereocenters. The Kier molecular flexibility index (Phi) is 4.01. The van der Waals surface area contributed by atoms with Crippen LogP contribution in [0.2, 0.25) is 0 Å². The fraction of sp³-hybridized carbons (Fsp3) is 0. The highest BCUT2D eigenvalue weighted by Gasteiger charge is 2.13. The number of hydrogen-bond acceptors (Lipinski definition) is 3. The van der Waals surface area contributed by atoms with Gasteiger partial charge in [-0.15, -0.1) is 0 Å². The summed E-state index contributed by atoms with van der Waals surface area (Å²) >= 11 is 3.24. The Labute approximate surface area is 123 Å². The van der Waals surface area contributed by atoms with Crippen LogP contribution < -0.4 is 11.1 Å². The highest BCUT2D eigenvalue weighted by Crippen LogP contribution is 2.24. The third-order valence-corrected chi connectivity index (χ3v) is 3.24. The van der Waals surface area contributed by atoms with E-state index in [2.05, 4.69) is 21.2 Å². The summed E-state index contributed by atoms with van der Waals surface area (Å²) in [5.74, 6) is -1.28. The summed E-state index contributed by atoms with van der Waals surface area (Å²) in [4.78, 5) is 12.0. The summed E-state index contributed by atoms with van der Waals surface area (Å²) in [6, 6.07) is 10.5. The number of anilines is 2. The minimum atomic E-state index is -0.688. The molecule has 2 aromatic carbocycles. The molecule has 0 aliphatic heterocycles. The summed E-state index contributed by atoms with van der Waals surface area (Å²) in [6.45, 7) is 0. The van der Waals surface area contributed by atoms with Gasteiger partial charge in [0.25, 0.3) is 5.91 Å². The van der Waals surface area contributed by atoms with Crippen LogP contribution >= 0.6 is 15.9 Å². The van der Waals surface area contributed by atoms with Crippen molar-refractivity contribution in [2.45, 2.75) is 0 Å². The van der Waals surface area contributed by atoms with Gasteiger partial charge in [0.15, 0.2) is 0 Å². The molecule has 100 valence electrons. The number of amides is 1. The maximum Gasteiger partial charge on any atom is 0.258 e. The summed E-state index contributed by atoms with van der Waals surface area (Å²) in [5, 5.41) is 11.3. The second-order valence-corrected chi connectivity index (χ2v) is 4.85. The van der Waals surface area contributed by atoms with E-state index in [4.69, 9.17) is 11.0 Å². The van der Waals surface area contributed by atoms with Gasteiger partial charge in [-0.05, 0) is 52.3 Å². The largest absolute Gasteiger partial charge is 0.399 e. The van der Waals surface area contributed by atoms with E-state index in [1.807, 2.05) is 6.07 Å². The number of carbonyl (C=O) groups is 1. The summed E-state index contributed by atoms with van der Waals surface area (Å²) < 4.78 is 14.2. The van der Waals surface area contributed by atoms with E-state index in [-0.39, 0.29) is 11.3 Å². The molecule has 0 fully saturated rings. The predicted octanol–water partition coefficient (Wildman–Crippen LogP) is 3.29. The van der Waals surface area contributed by atoms with Crippen LogP contribution in [0.25, 0.3) is 0 Å². The van der Waals surface area contributed by atoms with E-state index >= 15 is 0 Å². The number of nitrogens with one attached hydrogen (secondary N) is 1. The van der Waals surface area contributed by atoms with Crippen molar-refractivity contribution in [2.75, 3.05) is 11.1 Å². The van der Waals surface area contributed by atoms with Crippen molar-refractivity contribution in [3.63, 3.8) is 0 Å². The standard InChI is InChI=1S/C14H9BrFN3O/c15-11-5-8(7-17)1-4-13(11)19-14(20)10-3-2-9(18)6-12(10)16/h1-6H,18H2,(H,19,20). The van der Waals surface area contributed by atoms with E-state index in [1.165, 1.54) is 12.1 Å². The number of benzene rings is 2. The minimum absolute atomic E-state index is 0.101. The van der Waals surface area contributed by atoms with E-state index in [1.54, 1.807) is 18.2 Å². The predicted molar refractivity (Wildman–Crippen MR) is 77.6 cm³/mol. The number of carbonyl (C=O) groups excluding carboxylic acids is 1. The molecule has 0 aromatic heterocycles. The van der Waals surface area contributed by atoms with Gasteiger partial charge >= 0.3 is 0 Å². The number of nitrogens with two attached hydrogens (primary N) is 1. The van der Waals surface area contributed by atoms with Gasteiger partial charge in [0, 0.05) is 10.2 Å². The van der Waals surface area contributed by atoms with Crippen LogP contribution in [0.4, 0.5) is 15.8 Å². The molecule has 0 atom stereocenters. The molecule has 6 heteroatoms. The monoisotopic (exact) mass is 333 g/mol. The number of nitrogen functional groups attached to an aromatic ring is 1. The molecule has 2 rings (SSSR count). The molecule has 0 saturated carbocycles. The lowest BCUT2D eigenvalue weighted by Crippen LogP contribution is -2.14. The van der Waals surface area contributed by atoms with Crippen LogP contribution in [0, 0.1) is 17.1 Å². The van der Waals surface area contributed by atoms with Crippen LogP contribution in [0.3, 0.4) is 0 Å². The highest BCUT2D eigenvalue weighted by molar-refractivity contribution is 9.10. The van der Waals surface area contributed by atoms with Gasteiger partial charge in [-0.3, -0.25) is 4.79 Å². The van der Waals surface area contributed by atoms with Crippen LogP contribution in [0.1, 0.15) is 15.9 Å². The van der Waals surface area contributed by atoms with E-state index < -0.39 is 11.7 Å². The lowest BCUT2D eigenvalue weighted by atomic mass is 10.1. The number of nitriles is 1. The first kappa shape index (κ1) is 14.0. The normalized spacial score (nSPS) is 9.85. The Morgan fingerprint density at radius 2 is 2.05 bits per heavy atom. The fourth-order valence-electron chi connectivity index (χ4n) is 1.59. The molecule has 20 heavy (non-hydrogen) atoms. The maximum atomic E-state index is 13.6. The summed E-state index contributed by atoms with van der Waals surface area (Å²) in [7, 11) is 0. The topological polar surface area (TPSA) is 78.9 Å². The van der Waals surface area contributed by atoms with Gasteiger partial charge in [-0.2, -0.15) is 5.26 Å². The lowest BCUT2D eigenvalue weighted by molar-refractivity contribution is 0.102. The molecule has 0 radical (unpaired) electrons. The second kappa shape index (κ2) is 5.72. The van der Waals surface area contributed by atoms with E-state index in [0.29, 0.717) is 15.7 Å². The van der Waals surface area contributed by atoms with Gasteiger partial charge in [0.1, 0.15) is 5.82 Å². The zero-order valence-electron chi connectivity index (χ0n) is 10.2. The molecule has 0 aliphatic carbocycles. The van der Waals surface area contributed by atoms with E-state index in [0.717, 1.165) is 6.07 Å². The molecule has 3 N–H and O–H groups in total. The van der Waals surface area contributed by atoms with Crippen molar-refractivity contribution in [2.24, 2.45) is 0 Å². The minimum Gasteiger partial charge on any atom is -0.399 e. The number of nitrogens with zero attached hydrogens (tertiary/aromatic N) is 1. The molecule has 4 nitrogen and oxygen atoms in total. The number of hydrogen-bond donors (Lipinski definition) is 2. The zero-order chi connectivity index (χ0) is 14.7. The van der Waals surface area contributed by atoms with Crippen LogP contribution in [-0.4, -0.2) is 5.91 Å².